The van der Waals surface area contributed by atoms with Gasteiger partial charge in [0.15, 0.2) is 0 Å². The van der Waals surface area contributed by atoms with E-state index in [1.54, 1.807) is 0 Å². The minimum absolute atomic E-state index is 0.161. The lowest BCUT2D eigenvalue weighted by molar-refractivity contribution is 0.192. The van der Waals surface area contributed by atoms with Crippen molar-refractivity contribution < 1.29 is 0 Å². The predicted molar refractivity (Wildman–Crippen MR) is 74.0 cm³/mol. The maximum absolute atomic E-state index is 3.36. The van der Waals surface area contributed by atoms with Crippen molar-refractivity contribution in [2.75, 3.05) is 27.2 Å². The molecule has 0 atom stereocenters. The van der Waals surface area contributed by atoms with Crippen LogP contribution in [0, 0.1) is 11.8 Å². The summed E-state index contributed by atoms with van der Waals surface area (Å²) in [5, 5.41) is 3.36. The summed E-state index contributed by atoms with van der Waals surface area (Å²) in [7, 11) is 4.19. The van der Waals surface area contributed by atoms with E-state index in [2.05, 4.69) is 50.0 Å². The van der Waals surface area contributed by atoms with Gasteiger partial charge in [0.2, 0.25) is 0 Å². The smallest absolute Gasteiger partial charge is 0.0580 e. The van der Waals surface area contributed by atoms with Crippen molar-refractivity contribution in [1.82, 2.24) is 10.2 Å². The number of hydrogen-bond acceptors (Lipinski definition) is 2. The van der Waals surface area contributed by atoms with Crippen molar-refractivity contribution in [3.8, 4) is 11.8 Å². The van der Waals surface area contributed by atoms with Crippen molar-refractivity contribution in [1.29, 1.82) is 0 Å². The Bertz CT molecular complexity index is 382. The molecule has 1 rings (SSSR count). The quantitative estimate of drug-likeness (QED) is 0.628. The van der Waals surface area contributed by atoms with Gasteiger partial charge < -0.3 is 10.2 Å². The molecule has 0 aliphatic rings. The lowest BCUT2D eigenvalue weighted by atomic mass is 10.0. The molecule has 0 radical (unpaired) electrons. The number of hydrogen-bond donors (Lipinski definition) is 1. The van der Waals surface area contributed by atoms with E-state index in [1.807, 2.05) is 30.3 Å². The highest BCUT2D eigenvalue weighted by Crippen LogP contribution is 2.07. The summed E-state index contributed by atoms with van der Waals surface area (Å²) in [5.41, 5.74) is 1.23. The van der Waals surface area contributed by atoms with Crippen LogP contribution in [0.2, 0.25) is 0 Å². The van der Waals surface area contributed by atoms with Crippen LogP contribution in [0.4, 0.5) is 0 Å². The highest BCUT2D eigenvalue weighted by molar-refractivity contribution is 5.33. The van der Waals surface area contributed by atoms with Gasteiger partial charge in [0.1, 0.15) is 0 Å². The molecule has 0 fully saturated rings. The summed E-state index contributed by atoms with van der Waals surface area (Å²) in [4.78, 5) is 2.21. The molecule has 0 heterocycles. The Labute approximate surface area is 105 Å². The first-order valence-corrected chi connectivity index (χ1v) is 5.94. The van der Waals surface area contributed by atoms with Gasteiger partial charge in [0, 0.05) is 17.6 Å². The van der Waals surface area contributed by atoms with Crippen LogP contribution in [0.25, 0.3) is 0 Å². The molecule has 0 bridgehead atoms. The molecule has 1 N–H and O–H groups in total. The number of rotatable bonds is 4. The van der Waals surface area contributed by atoms with Crippen LogP contribution in [-0.4, -0.2) is 37.6 Å². The van der Waals surface area contributed by atoms with Crippen molar-refractivity contribution >= 4 is 0 Å². The second-order valence-corrected chi connectivity index (χ2v) is 4.98. The van der Waals surface area contributed by atoms with Crippen molar-refractivity contribution in [3.05, 3.63) is 35.9 Å². The Morgan fingerprint density at radius 3 is 2.41 bits per heavy atom. The van der Waals surface area contributed by atoms with Gasteiger partial charge in [-0.3, -0.25) is 0 Å². The van der Waals surface area contributed by atoms with Crippen LogP contribution < -0.4 is 5.32 Å². The fraction of sp³-hybridized carbons (Fsp3) is 0.467. The largest absolute Gasteiger partial charge is 0.304 e. The molecule has 1 aromatic carbocycles. The lowest BCUT2D eigenvalue weighted by Crippen LogP contribution is -2.46. The van der Waals surface area contributed by atoms with Gasteiger partial charge >= 0.3 is 0 Å². The zero-order valence-corrected chi connectivity index (χ0v) is 11.2. The van der Waals surface area contributed by atoms with E-state index in [4.69, 9.17) is 0 Å². The molecule has 0 saturated carbocycles. The van der Waals surface area contributed by atoms with Gasteiger partial charge in [-0.15, -0.1) is 0 Å². The molecule has 0 aromatic heterocycles. The van der Waals surface area contributed by atoms with Gasteiger partial charge in [-0.2, -0.15) is 0 Å². The summed E-state index contributed by atoms with van der Waals surface area (Å²) >= 11 is 0. The van der Waals surface area contributed by atoms with Gasteiger partial charge in [-0.25, -0.2) is 0 Å². The first-order valence-electron chi connectivity index (χ1n) is 5.94. The van der Waals surface area contributed by atoms with Gasteiger partial charge in [-0.1, -0.05) is 30.0 Å². The molecule has 0 unspecified atom stereocenters. The molecule has 1 aromatic rings. The third-order valence-corrected chi connectivity index (χ3v) is 2.99. The van der Waals surface area contributed by atoms with Crippen molar-refractivity contribution in [3.63, 3.8) is 0 Å². The summed E-state index contributed by atoms with van der Waals surface area (Å²) in [6.45, 7) is 6.09. The molecular weight excluding hydrogens is 208 g/mol. The predicted octanol–water partition coefficient (Wildman–Crippen LogP) is 1.97. The molecule has 92 valence electrons. The van der Waals surface area contributed by atoms with Gasteiger partial charge in [0.05, 0.1) is 6.54 Å². The van der Waals surface area contributed by atoms with E-state index in [0.29, 0.717) is 0 Å². The Balaban J connectivity index is 2.32. The number of likely N-dealkylation sites (N-methyl/N-ethyl adjacent to an activating group) is 1. The highest BCUT2D eigenvalue weighted by Gasteiger charge is 2.18. The Hall–Kier alpha value is -1.30. The summed E-state index contributed by atoms with van der Waals surface area (Å²) < 4.78 is 0. The average Bonchev–Trinajstić information content (AvgIpc) is 2.29. The van der Waals surface area contributed by atoms with Crippen LogP contribution in [0.15, 0.2) is 30.3 Å². The summed E-state index contributed by atoms with van der Waals surface area (Å²) in [6, 6.07) is 10.1. The van der Waals surface area contributed by atoms with E-state index >= 15 is 0 Å². The van der Waals surface area contributed by atoms with E-state index in [-0.39, 0.29) is 5.54 Å². The minimum Gasteiger partial charge on any atom is -0.304 e. The first kappa shape index (κ1) is 13.8. The standard InChI is InChI=1S/C15H22N2/c1-15(2,17(3)4)13-16-12-8-11-14-9-6-5-7-10-14/h5-7,9-10,16H,12-13H2,1-4H3. The maximum atomic E-state index is 3.36. The minimum atomic E-state index is 0.161. The third-order valence-electron chi connectivity index (χ3n) is 2.99. The molecule has 17 heavy (non-hydrogen) atoms. The Kier molecular flexibility index (Phi) is 5.21. The van der Waals surface area contributed by atoms with E-state index in [1.165, 1.54) is 0 Å². The second kappa shape index (κ2) is 6.44. The number of nitrogens with zero attached hydrogens (tertiary/aromatic N) is 1. The second-order valence-electron chi connectivity index (χ2n) is 4.98. The molecular formula is C15H22N2. The molecule has 0 amide bonds. The molecule has 2 heteroatoms. The summed E-state index contributed by atoms with van der Waals surface area (Å²) in [5.74, 6) is 6.27. The van der Waals surface area contributed by atoms with Crippen molar-refractivity contribution in [2.24, 2.45) is 0 Å². The SMILES string of the molecule is CN(C)C(C)(C)CNCC#Cc1ccccc1. The first-order chi connectivity index (χ1) is 8.02. The topological polar surface area (TPSA) is 15.3 Å². The van der Waals surface area contributed by atoms with Crippen LogP contribution in [0.1, 0.15) is 19.4 Å². The Morgan fingerprint density at radius 2 is 1.82 bits per heavy atom. The third kappa shape index (κ3) is 5.04. The van der Waals surface area contributed by atoms with Crippen LogP contribution in [0.5, 0.6) is 0 Å². The summed E-state index contributed by atoms with van der Waals surface area (Å²) in [6.07, 6.45) is 0. The van der Waals surface area contributed by atoms with E-state index < -0.39 is 0 Å². The van der Waals surface area contributed by atoms with Gasteiger partial charge in [-0.05, 0) is 40.1 Å². The van der Waals surface area contributed by atoms with Crippen molar-refractivity contribution in [2.45, 2.75) is 19.4 Å². The van der Waals surface area contributed by atoms with Crippen LogP contribution >= 0.6 is 0 Å². The normalized spacial score (nSPS) is 11.1. The van der Waals surface area contributed by atoms with Crippen LogP contribution in [0.3, 0.4) is 0 Å². The number of nitrogens with one attached hydrogen (secondary N) is 1. The molecule has 2 nitrogen and oxygen atoms in total. The van der Waals surface area contributed by atoms with Crippen LogP contribution in [-0.2, 0) is 0 Å². The van der Waals surface area contributed by atoms with E-state index in [0.717, 1.165) is 18.7 Å². The highest BCUT2D eigenvalue weighted by atomic mass is 15.2. The average molecular weight is 230 g/mol. The maximum Gasteiger partial charge on any atom is 0.0580 e. The van der Waals surface area contributed by atoms with Gasteiger partial charge in [0.25, 0.3) is 0 Å². The lowest BCUT2D eigenvalue weighted by Gasteiger charge is -2.32. The Morgan fingerprint density at radius 1 is 1.18 bits per heavy atom. The number of benzene rings is 1. The van der Waals surface area contributed by atoms with E-state index in [9.17, 15) is 0 Å². The molecule has 0 aliphatic heterocycles. The monoisotopic (exact) mass is 230 g/mol. The molecule has 0 spiro atoms. The zero-order valence-electron chi connectivity index (χ0n) is 11.2. The molecule has 0 saturated heterocycles. The fourth-order valence-corrected chi connectivity index (χ4v) is 1.26. The zero-order chi connectivity index (χ0) is 12.7. The fourth-order valence-electron chi connectivity index (χ4n) is 1.26. The molecule has 0 aliphatic carbocycles.